The van der Waals surface area contributed by atoms with Gasteiger partial charge in [0.25, 0.3) is 0 Å². The monoisotopic (exact) mass is 376 g/mol. The highest BCUT2D eigenvalue weighted by atomic mass is 35.5. The number of carbonyl (C=O) groups excluding carboxylic acids is 1. The van der Waals surface area contributed by atoms with E-state index in [2.05, 4.69) is 4.98 Å². The van der Waals surface area contributed by atoms with Crippen LogP contribution in [-0.4, -0.2) is 22.6 Å². The fourth-order valence-corrected chi connectivity index (χ4v) is 3.55. The van der Waals surface area contributed by atoms with Gasteiger partial charge in [-0.15, -0.1) is 0 Å². The van der Waals surface area contributed by atoms with Crippen LogP contribution < -0.4 is 0 Å². The number of hydrogen-bond acceptors (Lipinski definition) is 3. The number of nitrogens with zero attached hydrogens (tertiary/aromatic N) is 2. The van der Waals surface area contributed by atoms with Gasteiger partial charge < -0.3 is 4.74 Å². The zero-order valence-electron chi connectivity index (χ0n) is 14.9. The van der Waals surface area contributed by atoms with Crippen molar-refractivity contribution in [3.8, 4) is 16.8 Å². The SMILES string of the molecule is COC(=O)c1cc(-c2ccc(C)cc2Cl)cc2ncn(-c3ccccc3)c12. The second-order valence-electron chi connectivity index (χ2n) is 6.32. The van der Waals surface area contributed by atoms with Crippen molar-refractivity contribution < 1.29 is 9.53 Å². The largest absolute Gasteiger partial charge is 0.465 e. The molecular formula is C22H17ClN2O2. The summed E-state index contributed by atoms with van der Waals surface area (Å²) in [6, 6.07) is 19.4. The van der Waals surface area contributed by atoms with Gasteiger partial charge in [0.15, 0.2) is 0 Å². The summed E-state index contributed by atoms with van der Waals surface area (Å²) in [4.78, 5) is 17.1. The number of methoxy groups -OCH3 is 1. The lowest BCUT2D eigenvalue weighted by molar-refractivity contribution is 0.0602. The molecule has 0 atom stereocenters. The smallest absolute Gasteiger partial charge is 0.340 e. The van der Waals surface area contributed by atoms with Crippen LogP contribution in [0.5, 0.6) is 0 Å². The van der Waals surface area contributed by atoms with Crippen molar-refractivity contribution in [2.45, 2.75) is 6.92 Å². The first kappa shape index (κ1) is 17.3. The Labute approximate surface area is 162 Å². The molecule has 3 aromatic carbocycles. The van der Waals surface area contributed by atoms with Crippen LogP contribution in [0.3, 0.4) is 0 Å². The third kappa shape index (κ3) is 3.09. The van der Waals surface area contributed by atoms with E-state index in [9.17, 15) is 4.79 Å². The molecule has 0 saturated heterocycles. The molecule has 1 aromatic heterocycles. The van der Waals surface area contributed by atoms with Gasteiger partial charge in [0.1, 0.15) is 6.33 Å². The number of fused-ring (bicyclic) bond motifs is 1. The number of para-hydroxylation sites is 1. The van der Waals surface area contributed by atoms with Crippen molar-refractivity contribution in [2.75, 3.05) is 7.11 Å². The Kier molecular flexibility index (Phi) is 4.42. The highest BCUT2D eigenvalue weighted by Gasteiger charge is 2.19. The molecule has 0 bridgehead atoms. The molecule has 0 aliphatic carbocycles. The number of hydrogen-bond donors (Lipinski definition) is 0. The summed E-state index contributed by atoms with van der Waals surface area (Å²) in [6.07, 6.45) is 1.72. The van der Waals surface area contributed by atoms with Gasteiger partial charge in [0.05, 0.1) is 23.7 Å². The first-order valence-electron chi connectivity index (χ1n) is 8.50. The number of aromatic nitrogens is 2. The van der Waals surface area contributed by atoms with Crippen LogP contribution in [0.1, 0.15) is 15.9 Å². The zero-order chi connectivity index (χ0) is 19.0. The number of benzene rings is 3. The van der Waals surface area contributed by atoms with Crippen molar-refractivity contribution in [1.29, 1.82) is 0 Å². The van der Waals surface area contributed by atoms with E-state index in [1.54, 1.807) is 6.33 Å². The van der Waals surface area contributed by atoms with Gasteiger partial charge in [0.2, 0.25) is 0 Å². The maximum Gasteiger partial charge on any atom is 0.340 e. The summed E-state index contributed by atoms with van der Waals surface area (Å²) in [5.41, 5.74) is 5.53. The number of ether oxygens (including phenoxy) is 1. The quantitative estimate of drug-likeness (QED) is 0.447. The Hall–Kier alpha value is -3.11. The van der Waals surface area contributed by atoms with Gasteiger partial charge >= 0.3 is 5.97 Å². The second kappa shape index (κ2) is 6.89. The number of carbonyl (C=O) groups is 1. The highest BCUT2D eigenvalue weighted by molar-refractivity contribution is 6.33. The van der Waals surface area contributed by atoms with E-state index in [0.29, 0.717) is 21.6 Å². The third-order valence-corrected chi connectivity index (χ3v) is 4.83. The Bertz CT molecular complexity index is 1150. The molecule has 0 aliphatic rings. The molecule has 4 rings (SSSR count). The molecule has 4 aromatic rings. The van der Waals surface area contributed by atoms with Crippen molar-refractivity contribution in [1.82, 2.24) is 9.55 Å². The molecule has 27 heavy (non-hydrogen) atoms. The normalized spacial score (nSPS) is 10.9. The van der Waals surface area contributed by atoms with Crippen LogP contribution in [0, 0.1) is 6.92 Å². The van der Waals surface area contributed by atoms with Crippen LogP contribution in [0.15, 0.2) is 67.0 Å². The number of rotatable bonds is 3. The minimum absolute atomic E-state index is 0.414. The average Bonchev–Trinajstić information content (AvgIpc) is 3.11. The molecule has 0 radical (unpaired) electrons. The topological polar surface area (TPSA) is 44.1 Å². The van der Waals surface area contributed by atoms with Crippen LogP contribution in [0.2, 0.25) is 5.02 Å². The first-order valence-corrected chi connectivity index (χ1v) is 8.87. The lowest BCUT2D eigenvalue weighted by Gasteiger charge is -2.11. The van der Waals surface area contributed by atoms with Crippen LogP contribution in [-0.2, 0) is 4.74 Å². The van der Waals surface area contributed by atoms with E-state index in [0.717, 1.165) is 22.4 Å². The van der Waals surface area contributed by atoms with E-state index in [1.165, 1.54) is 7.11 Å². The van der Waals surface area contributed by atoms with E-state index < -0.39 is 5.97 Å². The van der Waals surface area contributed by atoms with Crippen molar-refractivity contribution in [3.05, 3.63) is 83.1 Å². The molecule has 0 unspecified atom stereocenters. The lowest BCUT2D eigenvalue weighted by atomic mass is 10.0. The third-order valence-electron chi connectivity index (χ3n) is 4.52. The fourth-order valence-electron chi connectivity index (χ4n) is 3.21. The van der Waals surface area contributed by atoms with Gasteiger partial charge in [-0.05, 0) is 48.4 Å². The first-order chi connectivity index (χ1) is 13.1. The summed E-state index contributed by atoms with van der Waals surface area (Å²) in [6.45, 7) is 1.99. The maximum absolute atomic E-state index is 12.5. The predicted octanol–water partition coefficient (Wildman–Crippen LogP) is 5.44. The maximum atomic E-state index is 12.5. The summed E-state index contributed by atoms with van der Waals surface area (Å²) in [7, 11) is 1.38. The van der Waals surface area contributed by atoms with Crippen LogP contribution in [0.4, 0.5) is 0 Å². The summed E-state index contributed by atoms with van der Waals surface area (Å²) in [5.74, 6) is -0.414. The Morgan fingerprint density at radius 1 is 1.07 bits per heavy atom. The molecule has 0 N–H and O–H groups in total. The molecule has 0 spiro atoms. The second-order valence-corrected chi connectivity index (χ2v) is 6.72. The zero-order valence-corrected chi connectivity index (χ0v) is 15.7. The van der Waals surface area contributed by atoms with E-state index in [4.69, 9.17) is 16.3 Å². The Morgan fingerprint density at radius 2 is 1.85 bits per heavy atom. The Morgan fingerprint density at radius 3 is 2.56 bits per heavy atom. The Balaban J connectivity index is 1.99. The van der Waals surface area contributed by atoms with Gasteiger partial charge in [-0.1, -0.05) is 41.9 Å². The summed E-state index contributed by atoms with van der Waals surface area (Å²) >= 11 is 6.44. The molecule has 1 heterocycles. The van der Waals surface area contributed by atoms with Crippen molar-refractivity contribution in [2.24, 2.45) is 0 Å². The molecule has 5 heteroatoms. The van der Waals surface area contributed by atoms with Crippen LogP contribution in [0.25, 0.3) is 27.8 Å². The van der Waals surface area contributed by atoms with Gasteiger partial charge in [-0.3, -0.25) is 4.57 Å². The van der Waals surface area contributed by atoms with E-state index in [1.807, 2.05) is 72.2 Å². The standard InChI is InChI=1S/C22H17ClN2O2/c1-14-8-9-17(19(23)10-14)15-11-18(22(26)27-2)21-20(12-15)24-13-25(21)16-6-4-3-5-7-16/h3-13H,1-2H3. The molecule has 4 nitrogen and oxygen atoms in total. The minimum Gasteiger partial charge on any atom is -0.465 e. The molecule has 0 saturated carbocycles. The van der Waals surface area contributed by atoms with Crippen molar-refractivity contribution >= 4 is 28.6 Å². The van der Waals surface area contributed by atoms with Gasteiger partial charge in [-0.25, -0.2) is 9.78 Å². The molecule has 0 fully saturated rings. The van der Waals surface area contributed by atoms with E-state index in [-0.39, 0.29) is 0 Å². The molecule has 0 amide bonds. The summed E-state index contributed by atoms with van der Waals surface area (Å²) < 4.78 is 6.92. The fraction of sp³-hybridized carbons (Fsp3) is 0.0909. The predicted molar refractivity (Wildman–Crippen MR) is 108 cm³/mol. The highest BCUT2D eigenvalue weighted by Crippen LogP contribution is 2.33. The minimum atomic E-state index is -0.414. The average molecular weight is 377 g/mol. The van der Waals surface area contributed by atoms with Crippen LogP contribution >= 0.6 is 11.6 Å². The molecular weight excluding hydrogens is 360 g/mol. The molecule has 134 valence electrons. The number of esters is 1. The number of aryl methyl sites for hydroxylation is 1. The van der Waals surface area contributed by atoms with Gasteiger partial charge in [-0.2, -0.15) is 0 Å². The number of imidazole rings is 1. The van der Waals surface area contributed by atoms with Gasteiger partial charge in [0, 0.05) is 16.3 Å². The number of halogens is 1. The summed E-state index contributed by atoms with van der Waals surface area (Å²) in [5, 5.41) is 0.632. The molecule has 0 aliphatic heterocycles. The van der Waals surface area contributed by atoms with Crippen molar-refractivity contribution in [3.63, 3.8) is 0 Å². The lowest BCUT2D eigenvalue weighted by Crippen LogP contribution is -2.05. The van der Waals surface area contributed by atoms with E-state index >= 15 is 0 Å².